The lowest BCUT2D eigenvalue weighted by molar-refractivity contribution is -0.192. The van der Waals surface area contributed by atoms with Crippen LogP contribution in [0.4, 0.5) is 18.3 Å². The number of anilines is 1. The van der Waals surface area contributed by atoms with Gasteiger partial charge in [0.25, 0.3) is 0 Å². The predicted octanol–water partition coefficient (Wildman–Crippen LogP) is 5.14. The number of allylic oxidation sites excluding steroid dienone is 1. The Labute approximate surface area is 223 Å². The summed E-state index contributed by atoms with van der Waals surface area (Å²) in [5.74, 6) is -2.45. The Kier molecular flexibility index (Phi) is 12.5. The quantitative estimate of drug-likeness (QED) is 0.348. The third-order valence-electron chi connectivity index (χ3n) is 5.74. The number of nitrogens with zero attached hydrogens (tertiary/aromatic N) is 2. The van der Waals surface area contributed by atoms with Crippen LogP contribution in [0.15, 0.2) is 42.5 Å². The third kappa shape index (κ3) is 11.5. The van der Waals surface area contributed by atoms with Crippen molar-refractivity contribution in [2.24, 2.45) is 5.92 Å². The number of ketones is 1. The van der Waals surface area contributed by atoms with Gasteiger partial charge < -0.3 is 10.4 Å². The van der Waals surface area contributed by atoms with Crippen molar-refractivity contribution in [1.82, 2.24) is 15.5 Å². The van der Waals surface area contributed by atoms with Gasteiger partial charge in [0, 0.05) is 12.3 Å². The number of carboxylic acids is 1. The van der Waals surface area contributed by atoms with Crippen molar-refractivity contribution in [2.45, 2.75) is 70.5 Å². The average Bonchev–Trinajstić information content (AvgIpc) is 3.35. The summed E-state index contributed by atoms with van der Waals surface area (Å²) in [7, 11) is 0. The molecule has 0 bridgehead atoms. The number of hydrogen-bond acceptors (Lipinski definition) is 7. The monoisotopic (exact) mass is 554 g/mol. The van der Waals surface area contributed by atoms with Crippen molar-refractivity contribution < 1.29 is 32.7 Å². The van der Waals surface area contributed by atoms with E-state index in [1.54, 1.807) is 0 Å². The van der Waals surface area contributed by atoms with Crippen LogP contribution in [0, 0.1) is 5.92 Å². The summed E-state index contributed by atoms with van der Waals surface area (Å²) in [4.78, 5) is 34.1. The van der Waals surface area contributed by atoms with Gasteiger partial charge in [0.05, 0.1) is 6.04 Å². The van der Waals surface area contributed by atoms with E-state index in [-0.39, 0.29) is 29.6 Å². The molecule has 0 saturated carbocycles. The van der Waals surface area contributed by atoms with E-state index in [0.717, 1.165) is 43.7 Å². The van der Waals surface area contributed by atoms with Gasteiger partial charge in [0.15, 0.2) is 0 Å². The maximum atomic E-state index is 12.8. The van der Waals surface area contributed by atoms with Crippen LogP contribution >= 0.6 is 11.3 Å². The Bertz CT molecular complexity index is 1070. The number of nitrogens with one attached hydrogen (secondary N) is 2. The molecule has 1 saturated heterocycles. The van der Waals surface area contributed by atoms with Crippen LogP contribution in [0.1, 0.15) is 62.4 Å². The molecule has 1 amide bonds. The van der Waals surface area contributed by atoms with Crippen LogP contribution in [0.25, 0.3) is 0 Å². The zero-order valence-corrected chi connectivity index (χ0v) is 22.1. The molecule has 3 rings (SSSR count). The van der Waals surface area contributed by atoms with Gasteiger partial charge in [-0.2, -0.15) is 13.2 Å². The van der Waals surface area contributed by atoms with Crippen LogP contribution in [0.5, 0.6) is 0 Å². The van der Waals surface area contributed by atoms with E-state index in [0.29, 0.717) is 11.6 Å². The summed E-state index contributed by atoms with van der Waals surface area (Å²) >= 11 is 1.39. The van der Waals surface area contributed by atoms with Crippen LogP contribution in [-0.4, -0.2) is 51.7 Å². The molecule has 12 heteroatoms. The molecule has 2 heterocycles. The van der Waals surface area contributed by atoms with E-state index in [2.05, 4.69) is 33.0 Å². The van der Waals surface area contributed by atoms with Crippen LogP contribution in [0.3, 0.4) is 0 Å². The number of alkyl halides is 3. The molecule has 0 spiro atoms. The molecule has 1 fully saturated rings. The number of carbonyl (C=O) groups excluding carboxylic acids is 2. The third-order valence-corrected chi connectivity index (χ3v) is 6.88. The van der Waals surface area contributed by atoms with Crippen LogP contribution < -0.4 is 10.6 Å². The second-order valence-corrected chi connectivity index (χ2v) is 10.2. The summed E-state index contributed by atoms with van der Waals surface area (Å²) in [6.45, 7) is 4.99. The van der Waals surface area contributed by atoms with Crippen molar-refractivity contribution in [2.75, 3.05) is 11.9 Å². The van der Waals surface area contributed by atoms with Crippen molar-refractivity contribution in [3.63, 3.8) is 0 Å². The Morgan fingerprint density at radius 2 is 1.87 bits per heavy atom. The Morgan fingerprint density at radius 1 is 1.18 bits per heavy atom. The number of hydrogen-bond donors (Lipinski definition) is 3. The standard InChI is InChI=1S/C24H32N4O2S.C2HF3O2/c1-17(2)23-27-28-24(31-23)26-22(30)14-13-19(12-11-18-8-4-3-5-9-18)16-21(29)20-10-6-7-15-25-20;3-2(4,5)1(6)7/h3-5,8-9,13-14,17,19-20,25H,6-7,10-12,15-16H2,1-2H3,(H,26,28,30);(H,6,7)/b14-13+;/t19-,20-;/m0./s1. The minimum Gasteiger partial charge on any atom is -0.475 e. The van der Waals surface area contributed by atoms with Crippen molar-refractivity contribution in [3.05, 3.63) is 53.1 Å². The van der Waals surface area contributed by atoms with E-state index in [9.17, 15) is 22.8 Å². The maximum Gasteiger partial charge on any atom is 0.490 e. The summed E-state index contributed by atoms with van der Waals surface area (Å²) in [6.07, 6.45) is 3.60. The number of halogens is 3. The number of carboxylic acid groups (broad SMARTS) is 1. The van der Waals surface area contributed by atoms with E-state index in [1.165, 1.54) is 23.0 Å². The Hall–Kier alpha value is -3.12. The molecule has 0 radical (unpaired) electrons. The van der Waals surface area contributed by atoms with Gasteiger partial charge in [-0.25, -0.2) is 4.79 Å². The molecule has 38 heavy (non-hydrogen) atoms. The molecule has 0 aliphatic carbocycles. The van der Waals surface area contributed by atoms with E-state index in [4.69, 9.17) is 9.90 Å². The molecule has 3 N–H and O–H groups in total. The minimum absolute atomic E-state index is 0.0165. The summed E-state index contributed by atoms with van der Waals surface area (Å²) in [5, 5.41) is 22.8. The lowest BCUT2D eigenvalue weighted by Crippen LogP contribution is -2.41. The van der Waals surface area contributed by atoms with Crippen molar-refractivity contribution >= 4 is 34.1 Å². The summed E-state index contributed by atoms with van der Waals surface area (Å²) in [6, 6.07) is 10.2. The molecule has 1 aromatic carbocycles. The molecule has 0 unspecified atom stereocenters. The van der Waals surface area contributed by atoms with Gasteiger partial charge in [-0.05, 0) is 49.8 Å². The fourth-order valence-corrected chi connectivity index (χ4v) is 4.43. The SMILES string of the molecule is CC(C)c1nnc(NC(=O)/C=C/[C@H](CCc2ccccc2)CC(=O)[C@@H]2CCCCN2)s1.O=C(O)C(F)(F)F. The normalized spacial score (nSPS) is 16.5. The molecule has 1 aliphatic rings. The Balaban J connectivity index is 0.000000638. The molecule has 2 aromatic rings. The highest BCUT2D eigenvalue weighted by molar-refractivity contribution is 7.15. The van der Waals surface area contributed by atoms with Crippen LogP contribution in [0.2, 0.25) is 0 Å². The van der Waals surface area contributed by atoms with Gasteiger partial charge in [0.2, 0.25) is 11.0 Å². The number of benzene rings is 1. The number of rotatable bonds is 10. The van der Waals surface area contributed by atoms with Crippen LogP contribution in [-0.2, 0) is 20.8 Å². The number of amides is 1. The fourth-order valence-electron chi connectivity index (χ4n) is 3.68. The predicted molar refractivity (Wildman–Crippen MR) is 139 cm³/mol. The first kappa shape index (κ1) is 31.1. The molecule has 1 aromatic heterocycles. The summed E-state index contributed by atoms with van der Waals surface area (Å²) in [5.41, 5.74) is 1.24. The first-order valence-corrected chi connectivity index (χ1v) is 13.2. The zero-order valence-electron chi connectivity index (χ0n) is 21.3. The highest BCUT2D eigenvalue weighted by Crippen LogP contribution is 2.23. The second kappa shape index (κ2) is 15.3. The van der Waals surface area contributed by atoms with Gasteiger partial charge in [-0.3, -0.25) is 14.9 Å². The largest absolute Gasteiger partial charge is 0.490 e. The highest BCUT2D eigenvalue weighted by atomic mass is 32.1. The molecular weight excluding hydrogens is 521 g/mol. The minimum atomic E-state index is -5.08. The van der Waals surface area contributed by atoms with Gasteiger partial charge in [0.1, 0.15) is 10.8 Å². The number of aliphatic carboxylic acids is 1. The number of carbonyl (C=O) groups is 3. The Morgan fingerprint density at radius 3 is 2.42 bits per heavy atom. The lowest BCUT2D eigenvalue weighted by atomic mass is 9.90. The maximum absolute atomic E-state index is 12.8. The smallest absolute Gasteiger partial charge is 0.475 e. The number of aryl methyl sites for hydroxylation is 1. The average molecular weight is 555 g/mol. The number of aromatic nitrogens is 2. The molecular formula is C26H33F3N4O4S. The zero-order chi connectivity index (χ0) is 28.1. The van der Waals surface area contributed by atoms with Crippen molar-refractivity contribution in [1.29, 1.82) is 0 Å². The van der Waals surface area contributed by atoms with Gasteiger partial charge >= 0.3 is 12.1 Å². The second-order valence-electron chi connectivity index (χ2n) is 9.21. The van der Waals surface area contributed by atoms with E-state index < -0.39 is 12.1 Å². The summed E-state index contributed by atoms with van der Waals surface area (Å²) < 4.78 is 31.7. The molecule has 208 valence electrons. The van der Waals surface area contributed by atoms with Crippen molar-refractivity contribution in [3.8, 4) is 0 Å². The number of Topliss-reactive ketones (excluding diaryl/α,β-unsaturated/α-hetero) is 1. The van der Waals surface area contributed by atoms with Gasteiger partial charge in [-0.1, -0.05) is 68.0 Å². The first-order chi connectivity index (χ1) is 18.0. The molecule has 8 nitrogen and oxygen atoms in total. The lowest BCUT2D eigenvalue weighted by Gasteiger charge is -2.23. The molecule has 1 aliphatic heterocycles. The van der Waals surface area contributed by atoms with E-state index in [1.807, 2.05) is 38.1 Å². The number of piperidine rings is 1. The fraction of sp³-hybridized carbons (Fsp3) is 0.500. The molecule has 2 atom stereocenters. The van der Waals surface area contributed by atoms with E-state index >= 15 is 0 Å². The first-order valence-electron chi connectivity index (χ1n) is 12.4. The van der Waals surface area contributed by atoms with Gasteiger partial charge in [-0.15, -0.1) is 10.2 Å². The highest BCUT2D eigenvalue weighted by Gasteiger charge is 2.38. The topological polar surface area (TPSA) is 121 Å².